The van der Waals surface area contributed by atoms with Crippen LogP contribution in [-0.2, 0) is 70.5 Å². The van der Waals surface area contributed by atoms with Crippen molar-refractivity contribution in [3.05, 3.63) is 96.8 Å². The predicted molar refractivity (Wildman–Crippen MR) is 405 cm³/mol. The number of H-pyrrole nitrogens is 1. The third-order valence-corrected chi connectivity index (χ3v) is 25.2. The number of fused-ring (bicyclic) bond motifs is 4. The largest absolute Gasteiger partial charge is 0.495 e. The van der Waals surface area contributed by atoms with E-state index in [-0.39, 0.29) is 77.6 Å². The van der Waals surface area contributed by atoms with Crippen LogP contribution in [0.2, 0.25) is 10.0 Å². The van der Waals surface area contributed by atoms with Gasteiger partial charge < -0.3 is 79.8 Å². The lowest BCUT2D eigenvalue weighted by molar-refractivity contribution is -0.148. The average Bonchev–Trinajstić information content (AvgIpc) is 1.59. The second kappa shape index (κ2) is 32.9. The fraction of sp³-hybridized carbons (Fsp3) is 0.584. The third kappa shape index (κ3) is 18.0. The molecule has 0 spiro atoms. The number of aliphatic hydroxyl groups excluding tert-OH is 2. The van der Waals surface area contributed by atoms with Crippen molar-refractivity contribution in [1.29, 1.82) is 0 Å². The quantitative estimate of drug-likeness (QED) is 0.0171. The van der Waals surface area contributed by atoms with Gasteiger partial charge in [-0.1, -0.05) is 107 Å². The van der Waals surface area contributed by atoms with Gasteiger partial charge in [0.15, 0.2) is 5.43 Å². The van der Waals surface area contributed by atoms with Crippen molar-refractivity contribution in [2.75, 3.05) is 34.4 Å². The normalized spacial score (nSPS) is 27.2. The summed E-state index contributed by atoms with van der Waals surface area (Å²) in [6.45, 7) is 13.6. The van der Waals surface area contributed by atoms with Gasteiger partial charge in [0.05, 0.1) is 68.8 Å². The van der Waals surface area contributed by atoms with Crippen LogP contribution in [-0.4, -0.2) is 185 Å². The molecule has 33 heteroatoms. The molecule has 4 heterocycles. The number of hydrogen-bond acceptors (Lipinski definition) is 21. The lowest BCUT2D eigenvalue weighted by Crippen LogP contribution is -2.59. The Morgan fingerprint density at radius 1 is 0.636 bits per heavy atom. The molecular formula is C77H97BrCl2N8O21S. The number of ether oxygens (including phenoxy) is 6. The summed E-state index contributed by atoms with van der Waals surface area (Å²) in [4.78, 5) is 129. The van der Waals surface area contributed by atoms with Gasteiger partial charge >= 0.3 is 24.1 Å². The van der Waals surface area contributed by atoms with Crippen molar-refractivity contribution in [1.82, 2.24) is 41.0 Å². The van der Waals surface area contributed by atoms with E-state index in [1.807, 2.05) is 34.6 Å². The Morgan fingerprint density at radius 2 is 1.12 bits per heavy atom. The van der Waals surface area contributed by atoms with E-state index in [0.717, 1.165) is 25.7 Å². The number of aliphatic carboxylic acids is 1. The molecule has 8 N–H and O–H groups in total. The van der Waals surface area contributed by atoms with E-state index >= 15 is 0 Å². The Kier molecular flexibility index (Phi) is 24.8. The highest BCUT2D eigenvalue weighted by Crippen LogP contribution is 2.54. The van der Waals surface area contributed by atoms with E-state index in [1.165, 1.54) is 62.2 Å². The minimum Gasteiger partial charge on any atom is -0.495 e. The number of halogens is 3. The van der Waals surface area contributed by atoms with Crippen LogP contribution in [0.1, 0.15) is 144 Å². The minimum absolute atomic E-state index is 0.0361. The van der Waals surface area contributed by atoms with E-state index < -0.39 is 123 Å². The molecular weight excluding hydrogens is 1560 g/mol. The van der Waals surface area contributed by atoms with Crippen molar-refractivity contribution in [3.8, 4) is 17.2 Å². The number of nitrogens with zero attached hydrogens (tertiary/aromatic N) is 3. The number of pyridine rings is 2. The molecule has 3 aromatic carbocycles. The van der Waals surface area contributed by atoms with E-state index in [4.69, 9.17) is 60.9 Å². The van der Waals surface area contributed by atoms with Gasteiger partial charge in [0.1, 0.15) is 80.9 Å². The highest BCUT2D eigenvalue weighted by molar-refractivity contribution is 9.10. The van der Waals surface area contributed by atoms with Gasteiger partial charge in [0, 0.05) is 52.5 Å². The summed E-state index contributed by atoms with van der Waals surface area (Å²) >= 11 is 15.9. The first-order chi connectivity index (χ1) is 51.9. The molecule has 16 atom stereocenters. The number of carbonyl (C=O) groups excluding carboxylic acids is 7. The van der Waals surface area contributed by atoms with Crippen LogP contribution >= 0.6 is 39.1 Å². The summed E-state index contributed by atoms with van der Waals surface area (Å²) in [7, 11) is -0.0232. The van der Waals surface area contributed by atoms with Gasteiger partial charge in [0.25, 0.3) is 10.1 Å². The number of alkyl carbamates (subject to hydrolysis) is 2. The van der Waals surface area contributed by atoms with Crippen molar-refractivity contribution in [2.45, 2.75) is 210 Å². The van der Waals surface area contributed by atoms with Crippen molar-refractivity contribution >= 4 is 119 Å². The summed E-state index contributed by atoms with van der Waals surface area (Å²) in [5.41, 5.74) is -2.82. The van der Waals surface area contributed by atoms with Crippen LogP contribution in [0, 0.1) is 46.3 Å². The highest BCUT2D eigenvalue weighted by Gasteiger charge is 2.64. The summed E-state index contributed by atoms with van der Waals surface area (Å²) in [6.07, 6.45) is 3.81. The van der Waals surface area contributed by atoms with Gasteiger partial charge in [0.2, 0.25) is 23.6 Å². The molecule has 8 fully saturated rings. The number of amides is 6. The summed E-state index contributed by atoms with van der Waals surface area (Å²) in [5, 5.41) is 41.6. The zero-order valence-electron chi connectivity index (χ0n) is 63.2. The van der Waals surface area contributed by atoms with E-state index in [1.54, 1.807) is 63.2 Å². The van der Waals surface area contributed by atoms with E-state index in [2.05, 4.69) is 47.2 Å². The lowest BCUT2D eigenvalue weighted by atomic mass is 9.85. The number of rotatable bonds is 23. The maximum Gasteiger partial charge on any atom is 0.408 e. The molecule has 6 saturated carbocycles. The molecule has 2 aliphatic heterocycles. The predicted octanol–water partition coefficient (Wildman–Crippen LogP) is 9.25. The number of benzene rings is 3. The van der Waals surface area contributed by atoms with Gasteiger partial charge in [-0.25, -0.2) is 24.2 Å². The molecule has 110 heavy (non-hydrogen) atoms. The van der Waals surface area contributed by atoms with Crippen LogP contribution < -0.4 is 40.9 Å². The molecule has 5 aromatic rings. The first-order valence-electron chi connectivity index (χ1n) is 37.1. The van der Waals surface area contributed by atoms with Gasteiger partial charge in [-0.3, -0.25) is 28.2 Å². The Bertz CT molecular complexity index is 4540. The monoisotopic (exact) mass is 1650 g/mol. The highest BCUT2D eigenvalue weighted by atomic mass is 79.9. The molecule has 598 valence electrons. The first kappa shape index (κ1) is 82.9. The number of methoxy groups -OCH3 is 3. The SMILES string of the molecule is CC[C@@H]1C[C@]1(NC(=O)[C@@H]1C[C@@H](Oc2cc(CO)nc3c(Cl)c(OC)ccc23)CN1C(=O)[C@@H](NC(=O)OC1C[C@@H]2C[C@@H]2C1)C(C)(C)C)C(=O)O.CC[C@@H]1C[C@]1(NC(=O)[C@@H]1C[C@H](OS(=O)(=O)c2ccc(Br)cc2)CN1C(=O)[C@@H](NC(=O)OC1C[C@@H]2C[C@@H]2C1)C(C)(C)C)C(=O)OC.COc1ccc2c(=O)cc(CO)[nH]c2c1Cl. The Labute approximate surface area is 655 Å². The molecule has 6 aliphatic carbocycles. The average molecular weight is 1650 g/mol. The van der Waals surface area contributed by atoms with Gasteiger partial charge in [-0.05, 0) is 146 Å². The summed E-state index contributed by atoms with van der Waals surface area (Å²) in [6, 6.07) is 11.1. The van der Waals surface area contributed by atoms with Crippen LogP contribution in [0.25, 0.3) is 21.8 Å². The summed E-state index contributed by atoms with van der Waals surface area (Å²) < 4.78 is 65.7. The number of carboxylic acid groups (broad SMARTS) is 1. The molecule has 6 amide bonds. The fourth-order valence-electron chi connectivity index (χ4n) is 16.0. The number of carboxylic acids is 1. The molecule has 29 nitrogen and oxygen atoms in total. The molecule has 2 aromatic heterocycles. The zero-order chi connectivity index (χ0) is 80.0. The number of esters is 1. The molecule has 2 unspecified atom stereocenters. The van der Waals surface area contributed by atoms with Crippen LogP contribution in [0.5, 0.6) is 17.2 Å². The van der Waals surface area contributed by atoms with E-state index in [0.29, 0.717) is 104 Å². The number of aromatic nitrogens is 2. The van der Waals surface area contributed by atoms with Crippen LogP contribution in [0.4, 0.5) is 9.59 Å². The third-order valence-electron chi connectivity index (χ3n) is 22.5. The lowest BCUT2D eigenvalue weighted by Gasteiger charge is -2.35. The van der Waals surface area contributed by atoms with Gasteiger partial charge in [-0.2, -0.15) is 8.42 Å². The zero-order valence-corrected chi connectivity index (χ0v) is 67.2. The van der Waals surface area contributed by atoms with Crippen LogP contribution in [0.3, 0.4) is 0 Å². The van der Waals surface area contributed by atoms with Crippen molar-refractivity contribution < 1.29 is 94.7 Å². The second-order valence-electron chi connectivity index (χ2n) is 32.2. The Hall–Kier alpha value is -8.07. The molecule has 8 aliphatic rings. The number of carbonyl (C=O) groups is 8. The second-order valence-corrected chi connectivity index (χ2v) is 35.4. The molecule has 0 bridgehead atoms. The van der Waals surface area contributed by atoms with Crippen LogP contribution in [0.15, 0.2) is 74.8 Å². The van der Waals surface area contributed by atoms with Crippen molar-refractivity contribution in [3.63, 3.8) is 0 Å². The minimum atomic E-state index is -4.25. The topological polar surface area (TPSA) is 396 Å². The van der Waals surface area contributed by atoms with Gasteiger partial charge in [-0.15, -0.1) is 0 Å². The maximum atomic E-state index is 14.4. The van der Waals surface area contributed by atoms with E-state index in [9.17, 15) is 61.8 Å². The number of likely N-dealkylation sites (tertiary alicyclic amines) is 2. The van der Waals surface area contributed by atoms with Crippen molar-refractivity contribution in [2.24, 2.45) is 46.3 Å². The molecule has 0 radical (unpaired) electrons. The fourth-order valence-corrected chi connectivity index (χ4v) is 17.9. The standard InChI is InChI=1S/C35H45ClN4O9.C31H42BrN3O9S.C11H10ClNO3/c1-6-19-14-35(19,32(44)45)39-30(42)24-13-22(48-26-12-20(16-41)37-28-23(26)7-8-25(47-5)27(28)36)15-40(24)31(43)29(34(2,3)4)38-33(46)49-21-10-17-9-18(17)11-21;1-6-19-15-31(19,28(38)42-5)34-26(36)24-14-22(44-45(40,41)23-9-7-20(32)8-10-23)16-35(24)27(37)25(30(2,3)4)33-29(39)43-21-12-17-11-18(17)13-21;1-16-9-3-2-7-8(15)4-6(5-14)13-11(7)10(9)12/h7-8,12,17-19,21-22,24,29,41H,6,9-11,13-16H2,1-5H3,(H,38,46)(H,39,42)(H,44,45);7-10,17-19,21-22,24-25H,6,11-16H2,1-5H3,(H,33,39)(H,34,36);2-4,14H,5H2,1H3,(H,13,15)/t17-,18+,19-,21?,22-,24+,29-,35-;17-,18+,19-,21?,22+,24+,25-,31-;/m11./s1. The number of hydrogen-bond donors (Lipinski definition) is 8. The first-order valence-corrected chi connectivity index (χ1v) is 40.0. The Balaban J connectivity index is 0.000000182. The Morgan fingerprint density at radius 3 is 1.58 bits per heavy atom. The smallest absolute Gasteiger partial charge is 0.408 e. The number of nitrogens with one attached hydrogen (secondary N) is 5. The maximum absolute atomic E-state index is 14.4. The number of aromatic amines is 1. The molecule has 13 rings (SSSR count). The summed E-state index contributed by atoms with van der Waals surface area (Å²) in [5.74, 6) is -0.778. The number of aliphatic hydroxyl groups is 2. The molecule has 2 saturated heterocycles.